The second-order valence-electron chi connectivity index (χ2n) is 6.04. The van der Waals surface area contributed by atoms with Gasteiger partial charge in [-0.05, 0) is 68.3 Å². The van der Waals surface area contributed by atoms with Crippen molar-refractivity contribution in [1.82, 2.24) is 0 Å². The van der Waals surface area contributed by atoms with E-state index in [2.05, 4.69) is 0 Å². The summed E-state index contributed by atoms with van der Waals surface area (Å²) in [5, 5.41) is 0. The summed E-state index contributed by atoms with van der Waals surface area (Å²) in [6.45, 7) is 5.45. The lowest BCUT2D eigenvalue weighted by Crippen LogP contribution is -2.11. The van der Waals surface area contributed by atoms with Crippen LogP contribution in [0, 0.1) is 32.4 Å². The Morgan fingerprint density at radius 3 is 1.42 bits per heavy atom. The summed E-state index contributed by atoms with van der Waals surface area (Å²) in [5.41, 5.74) is 4.46. The van der Waals surface area contributed by atoms with E-state index in [1.54, 1.807) is 26.0 Å². The highest BCUT2D eigenvalue weighted by Gasteiger charge is 2.15. The van der Waals surface area contributed by atoms with E-state index < -0.39 is 0 Å². The zero-order chi connectivity index (χ0) is 17.3. The maximum Gasteiger partial charge on any atom is 0.128 e. The summed E-state index contributed by atoms with van der Waals surface area (Å²) >= 11 is 0. The Kier molecular flexibility index (Phi) is 4.34. The van der Waals surface area contributed by atoms with Gasteiger partial charge in [-0.2, -0.15) is 0 Å². The lowest BCUT2D eigenvalue weighted by molar-refractivity contribution is 0.618. The summed E-state index contributed by atoms with van der Waals surface area (Å²) in [5.74, 6) is -0.561. The van der Waals surface area contributed by atoms with E-state index in [1.165, 1.54) is 12.1 Å². The number of halogens is 2. The molecule has 0 amide bonds. The normalized spacial score (nSPS) is 10.7. The summed E-state index contributed by atoms with van der Waals surface area (Å²) in [6, 6.07) is 18.0. The molecule has 0 atom stereocenters. The fourth-order valence-corrected chi connectivity index (χ4v) is 2.58. The Morgan fingerprint density at radius 2 is 1.00 bits per heavy atom. The number of aryl methyl sites for hydroxylation is 3. The number of hydrogen-bond donors (Lipinski definition) is 0. The monoisotopic (exact) mass is 323 g/mol. The molecule has 0 bridgehead atoms. The van der Waals surface area contributed by atoms with Gasteiger partial charge in [-0.15, -0.1) is 0 Å². The van der Waals surface area contributed by atoms with Gasteiger partial charge in [-0.1, -0.05) is 29.8 Å². The molecular formula is C21H19F2N. The molecule has 0 spiro atoms. The molecule has 0 unspecified atom stereocenters. The molecule has 0 radical (unpaired) electrons. The lowest BCUT2D eigenvalue weighted by atomic mass is 10.1. The van der Waals surface area contributed by atoms with Gasteiger partial charge in [0.05, 0.1) is 0 Å². The number of rotatable bonds is 3. The minimum atomic E-state index is -0.280. The van der Waals surface area contributed by atoms with Gasteiger partial charge < -0.3 is 4.90 Å². The van der Waals surface area contributed by atoms with Crippen molar-refractivity contribution in [3.05, 3.63) is 89.0 Å². The van der Waals surface area contributed by atoms with E-state index in [0.717, 1.165) is 11.3 Å². The minimum Gasteiger partial charge on any atom is -0.310 e. The van der Waals surface area contributed by atoms with Gasteiger partial charge in [0.25, 0.3) is 0 Å². The Bertz CT molecular complexity index is 818. The first-order valence-electron chi connectivity index (χ1n) is 7.85. The third-order valence-corrected chi connectivity index (χ3v) is 4.12. The predicted molar refractivity (Wildman–Crippen MR) is 95.3 cm³/mol. The van der Waals surface area contributed by atoms with E-state index in [-0.39, 0.29) is 11.6 Å². The molecule has 0 aliphatic heterocycles. The standard InChI is InChI=1S/C21H19F2N/c1-14-4-8-17(9-5-14)24(18-10-6-15(2)20(22)12-18)19-11-7-16(3)21(23)13-19/h4-13H,1-3H3. The molecule has 1 nitrogen and oxygen atoms in total. The van der Waals surface area contributed by atoms with Gasteiger partial charge in [0, 0.05) is 17.1 Å². The van der Waals surface area contributed by atoms with Crippen molar-refractivity contribution in [2.45, 2.75) is 20.8 Å². The van der Waals surface area contributed by atoms with Crippen molar-refractivity contribution in [3.8, 4) is 0 Å². The van der Waals surface area contributed by atoms with Gasteiger partial charge in [-0.3, -0.25) is 0 Å². The fraction of sp³-hybridized carbons (Fsp3) is 0.143. The highest BCUT2D eigenvalue weighted by Crippen LogP contribution is 2.35. The maximum atomic E-state index is 14.1. The molecule has 0 aromatic heterocycles. The summed E-state index contributed by atoms with van der Waals surface area (Å²) in [7, 11) is 0. The highest BCUT2D eigenvalue weighted by molar-refractivity contribution is 5.76. The van der Waals surface area contributed by atoms with E-state index in [4.69, 9.17) is 0 Å². The first-order chi connectivity index (χ1) is 11.5. The fourth-order valence-electron chi connectivity index (χ4n) is 2.58. The zero-order valence-corrected chi connectivity index (χ0v) is 14.0. The van der Waals surface area contributed by atoms with Crippen LogP contribution >= 0.6 is 0 Å². The number of nitrogens with zero attached hydrogens (tertiary/aromatic N) is 1. The average molecular weight is 323 g/mol. The van der Waals surface area contributed by atoms with E-state index >= 15 is 0 Å². The smallest absolute Gasteiger partial charge is 0.128 e. The number of anilines is 3. The van der Waals surface area contributed by atoms with Crippen molar-refractivity contribution in [3.63, 3.8) is 0 Å². The molecule has 0 aliphatic rings. The van der Waals surface area contributed by atoms with Crippen molar-refractivity contribution in [2.24, 2.45) is 0 Å². The zero-order valence-electron chi connectivity index (χ0n) is 14.0. The van der Waals surface area contributed by atoms with Crippen LogP contribution in [0.3, 0.4) is 0 Å². The number of benzene rings is 3. The third-order valence-electron chi connectivity index (χ3n) is 4.12. The van der Waals surface area contributed by atoms with Crippen LogP contribution in [-0.4, -0.2) is 0 Å². The Morgan fingerprint density at radius 1 is 0.583 bits per heavy atom. The highest BCUT2D eigenvalue weighted by atomic mass is 19.1. The Balaban J connectivity index is 2.17. The number of hydrogen-bond acceptors (Lipinski definition) is 1. The molecule has 0 saturated carbocycles. The van der Waals surface area contributed by atoms with Crippen LogP contribution < -0.4 is 4.90 Å². The van der Waals surface area contributed by atoms with Crippen LogP contribution in [0.1, 0.15) is 16.7 Å². The first-order valence-corrected chi connectivity index (χ1v) is 7.85. The topological polar surface area (TPSA) is 3.24 Å². The Hall–Kier alpha value is -2.68. The van der Waals surface area contributed by atoms with Gasteiger partial charge in [0.15, 0.2) is 0 Å². The second-order valence-corrected chi connectivity index (χ2v) is 6.04. The van der Waals surface area contributed by atoms with Crippen molar-refractivity contribution in [2.75, 3.05) is 4.90 Å². The summed E-state index contributed by atoms with van der Waals surface area (Å²) in [6.07, 6.45) is 0. The molecule has 0 aliphatic carbocycles. The van der Waals surface area contributed by atoms with Gasteiger partial charge >= 0.3 is 0 Å². The van der Waals surface area contributed by atoms with Gasteiger partial charge in [0.1, 0.15) is 11.6 Å². The van der Waals surface area contributed by atoms with Crippen LogP contribution in [0.15, 0.2) is 60.7 Å². The molecule has 3 aromatic rings. The van der Waals surface area contributed by atoms with Crippen LogP contribution in [0.25, 0.3) is 0 Å². The van der Waals surface area contributed by atoms with Crippen LogP contribution in [0.2, 0.25) is 0 Å². The molecule has 0 fully saturated rings. The molecule has 0 heterocycles. The summed E-state index contributed by atoms with van der Waals surface area (Å²) in [4.78, 5) is 1.85. The average Bonchev–Trinajstić information content (AvgIpc) is 2.56. The molecule has 0 N–H and O–H groups in total. The quantitative estimate of drug-likeness (QED) is 0.542. The van der Waals surface area contributed by atoms with Crippen molar-refractivity contribution < 1.29 is 8.78 Å². The molecule has 0 saturated heterocycles. The Labute approximate surface area is 141 Å². The third kappa shape index (κ3) is 3.16. The SMILES string of the molecule is Cc1ccc(N(c2ccc(C)c(F)c2)c2ccc(C)c(F)c2)cc1. The van der Waals surface area contributed by atoms with E-state index in [1.807, 2.05) is 48.2 Å². The molecule has 24 heavy (non-hydrogen) atoms. The van der Waals surface area contributed by atoms with Crippen molar-refractivity contribution in [1.29, 1.82) is 0 Å². The predicted octanol–water partition coefficient (Wildman–Crippen LogP) is 6.36. The maximum absolute atomic E-state index is 14.1. The molecule has 122 valence electrons. The van der Waals surface area contributed by atoms with Crippen LogP contribution in [0.4, 0.5) is 25.8 Å². The molecular weight excluding hydrogens is 304 g/mol. The van der Waals surface area contributed by atoms with Crippen LogP contribution in [0.5, 0.6) is 0 Å². The largest absolute Gasteiger partial charge is 0.310 e. The molecule has 3 aromatic carbocycles. The minimum absolute atomic E-state index is 0.280. The molecule has 3 heteroatoms. The van der Waals surface area contributed by atoms with E-state index in [0.29, 0.717) is 22.5 Å². The van der Waals surface area contributed by atoms with Crippen LogP contribution in [-0.2, 0) is 0 Å². The van der Waals surface area contributed by atoms with Gasteiger partial charge in [-0.25, -0.2) is 8.78 Å². The van der Waals surface area contributed by atoms with Crippen molar-refractivity contribution >= 4 is 17.1 Å². The lowest BCUT2D eigenvalue weighted by Gasteiger charge is -2.26. The second kappa shape index (κ2) is 6.44. The molecule has 3 rings (SSSR count). The van der Waals surface area contributed by atoms with E-state index in [9.17, 15) is 8.78 Å². The summed E-state index contributed by atoms with van der Waals surface area (Å²) < 4.78 is 28.2. The van der Waals surface area contributed by atoms with Gasteiger partial charge in [0.2, 0.25) is 0 Å². The first kappa shape index (κ1) is 16.2.